The van der Waals surface area contributed by atoms with Crippen molar-refractivity contribution in [1.29, 1.82) is 0 Å². The van der Waals surface area contributed by atoms with Crippen molar-refractivity contribution in [3.8, 4) is 5.75 Å². The number of fused-ring (bicyclic) bond motifs is 1. The molecule has 0 spiro atoms. The topological polar surface area (TPSA) is 98.0 Å². The average molecular weight is 592 g/mol. The van der Waals surface area contributed by atoms with E-state index in [2.05, 4.69) is 20.9 Å². The standard InChI is InChI=1S/C31H31BrN2O5/c1-30(2,3)28(36)25-23(17-31(4,5)29(37)38)26(27(35)19-9-11-20(32)12-10-19)34-15-13-22(16-24(25)34)39-18-21-8-6-7-14-33-21/h6-16H,17-18H2,1-5H3,(H,37,38). The van der Waals surface area contributed by atoms with Crippen LogP contribution in [0, 0.1) is 10.8 Å². The lowest BCUT2D eigenvalue weighted by molar-refractivity contribution is -0.146. The van der Waals surface area contributed by atoms with Crippen molar-refractivity contribution >= 4 is 39.0 Å². The second-order valence-electron chi connectivity index (χ2n) is 11.2. The first-order chi connectivity index (χ1) is 18.3. The molecule has 4 rings (SSSR count). The predicted octanol–water partition coefficient (Wildman–Crippen LogP) is 6.79. The lowest BCUT2D eigenvalue weighted by Crippen LogP contribution is -2.29. The number of hydrogen-bond acceptors (Lipinski definition) is 5. The van der Waals surface area contributed by atoms with Gasteiger partial charge in [0.15, 0.2) is 5.78 Å². The van der Waals surface area contributed by atoms with E-state index < -0.39 is 16.8 Å². The number of pyridine rings is 2. The Morgan fingerprint density at radius 2 is 1.69 bits per heavy atom. The summed E-state index contributed by atoms with van der Waals surface area (Å²) in [5.41, 5.74) is 0.664. The average Bonchev–Trinajstić information content (AvgIpc) is 3.19. The Morgan fingerprint density at radius 3 is 2.28 bits per heavy atom. The van der Waals surface area contributed by atoms with E-state index in [1.54, 1.807) is 67.0 Å². The summed E-state index contributed by atoms with van der Waals surface area (Å²) in [7, 11) is 0. The number of ketones is 2. The van der Waals surface area contributed by atoms with E-state index in [-0.39, 0.29) is 30.3 Å². The normalized spacial score (nSPS) is 11.9. The highest BCUT2D eigenvalue weighted by atomic mass is 79.9. The molecule has 0 aliphatic carbocycles. The Bertz CT molecular complexity index is 1550. The highest BCUT2D eigenvalue weighted by Crippen LogP contribution is 2.37. The molecule has 0 aliphatic rings. The van der Waals surface area contributed by atoms with Crippen LogP contribution in [0.4, 0.5) is 0 Å². The number of carbonyl (C=O) groups is 3. The first-order valence-corrected chi connectivity index (χ1v) is 13.4. The van der Waals surface area contributed by atoms with Crippen LogP contribution in [0.1, 0.15) is 72.3 Å². The van der Waals surface area contributed by atoms with E-state index in [1.165, 1.54) is 0 Å². The molecule has 8 heteroatoms. The predicted molar refractivity (Wildman–Crippen MR) is 152 cm³/mol. The molecule has 0 atom stereocenters. The lowest BCUT2D eigenvalue weighted by Gasteiger charge is -2.22. The van der Waals surface area contributed by atoms with Crippen LogP contribution in [0.15, 0.2) is 71.5 Å². The first kappa shape index (κ1) is 28.2. The molecule has 3 heterocycles. The highest BCUT2D eigenvalue weighted by molar-refractivity contribution is 9.10. The quantitative estimate of drug-likeness (QED) is 0.215. The maximum Gasteiger partial charge on any atom is 0.309 e. The van der Waals surface area contributed by atoms with Gasteiger partial charge in [0, 0.05) is 39.5 Å². The van der Waals surface area contributed by atoms with Gasteiger partial charge < -0.3 is 14.2 Å². The highest BCUT2D eigenvalue weighted by Gasteiger charge is 2.37. The van der Waals surface area contributed by atoms with Gasteiger partial charge in [0.2, 0.25) is 5.78 Å². The number of aromatic nitrogens is 2. The van der Waals surface area contributed by atoms with Crippen LogP contribution in [-0.4, -0.2) is 32.0 Å². The third-order valence-electron chi connectivity index (χ3n) is 6.55. The SMILES string of the molecule is CC(C)(C)C(=O)c1c(CC(C)(C)C(=O)O)c(C(=O)c2ccc(Br)cc2)n2ccc(OCc3ccccn3)cc12. The first-order valence-electron chi connectivity index (χ1n) is 12.6. The lowest BCUT2D eigenvalue weighted by atomic mass is 9.79. The number of carboxylic acids is 1. The number of nitrogens with zero attached hydrogens (tertiary/aromatic N) is 2. The zero-order chi connectivity index (χ0) is 28.5. The van der Waals surface area contributed by atoms with Crippen LogP contribution >= 0.6 is 15.9 Å². The zero-order valence-electron chi connectivity index (χ0n) is 22.6. The molecule has 3 aromatic heterocycles. The molecule has 0 unspecified atom stereocenters. The number of Topliss-reactive ketones (excluding diaryl/α,β-unsaturated/α-hetero) is 1. The molecule has 0 saturated heterocycles. The molecule has 0 bridgehead atoms. The Morgan fingerprint density at radius 1 is 1.00 bits per heavy atom. The number of hydrogen-bond donors (Lipinski definition) is 1. The van der Waals surface area contributed by atoms with Gasteiger partial charge in [-0.1, -0.05) is 42.8 Å². The summed E-state index contributed by atoms with van der Waals surface area (Å²) in [6.07, 6.45) is 3.38. The number of halogens is 1. The fourth-order valence-electron chi connectivity index (χ4n) is 4.32. The summed E-state index contributed by atoms with van der Waals surface area (Å²) < 4.78 is 8.50. The summed E-state index contributed by atoms with van der Waals surface area (Å²) >= 11 is 3.40. The number of aliphatic carboxylic acids is 1. The van der Waals surface area contributed by atoms with Crippen molar-refractivity contribution < 1.29 is 24.2 Å². The van der Waals surface area contributed by atoms with Gasteiger partial charge in [0.05, 0.1) is 22.3 Å². The smallest absolute Gasteiger partial charge is 0.309 e. The maximum absolute atomic E-state index is 14.0. The molecule has 0 amide bonds. The molecule has 1 aromatic carbocycles. The van der Waals surface area contributed by atoms with E-state index in [0.717, 1.165) is 10.2 Å². The molecular weight excluding hydrogens is 560 g/mol. The molecule has 7 nitrogen and oxygen atoms in total. The summed E-state index contributed by atoms with van der Waals surface area (Å²) in [4.78, 5) is 44.4. The fraction of sp³-hybridized carbons (Fsp3) is 0.290. The minimum atomic E-state index is -1.23. The maximum atomic E-state index is 14.0. The molecule has 0 radical (unpaired) electrons. The molecule has 0 aliphatic heterocycles. The monoisotopic (exact) mass is 590 g/mol. The number of rotatable bonds is 9. The third kappa shape index (κ3) is 5.96. The van der Waals surface area contributed by atoms with Crippen molar-refractivity contribution in [2.45, 2.75) is 47.6 Å². The van der Waals surface area contributed by atoms with E-state index in [1.807, 2.05) is 39.0 Å². The Hall–Kier alpha value is -3.78. The van der Waals surface area contributed by atoms with E-state index in [4.69, 9.17) is 4.74 Å². The number of benzene rings is 1. The van der Waals surface area contributed by atoms with Gasteiger partial charge in [-0.2, -0.15) is 0 Å². The molecule has 202 valence electrons. The van der Waals surface area contributed by atoms with E-state index in [0.29, 0.717) is 28.0 Å². The van der Waals surface area contributed by atoms with Crippen molar-refractivity contribution in [2.24, 2.45) is 10.8 Å². The summed E-state index contributed by atoms with van der Waals surface area (Å²) in [6.45, 7) is 8.84. The van der Waals surface area contributed by atoms with Gasteiger partial charge in [-0.25, -0.2) is 0 Å². The summed E-state index contributed by atoms with van der Waals surface area (Å²) in [5.74, 6) is -1.01. The van der Waals surface area contributed by atoms with E-state index in [9.17, 15) is 19.5 Å². The van der Waals surface area contributed by atoms with Crippen LogP contribution in [0.25, 0.3) is 5.52 Å². The van der Waals surface area contributed by atoms with Crippen LogP contribution in [0.2, 0.25) is 0 Å². The van der Waals surface area contributed by atoms with Gasteiger partial charge in [-0.05, 0) is 68.3 Å². The van der Waals surface area contributed by atoms with Crippen LogP contribution in [0.3, 0.4) is 0 Å². The molecule has 4 aromatic rings. The summed E-state index contributed by atoms with van der Waals surface area (Å²) in [5, 5.41) is 9.96. The second kappa shape index (κ2) is 10.8. The molecule has 0 fully saturated rings. The van der Waals surface area contributed by atoms with E-state index >= 15 is 0 Å². The van der Waals surface area contributed by atoms with Gasteiger partial charge in [-0.3, -0.25) is 19.4 Å². The summed E-state index contributed by atoms with van der Waals surface area (Å²) in [6, 6.07) is 16.0. The van der Waals surface area contributed by atoms with Crippen LogP contribution in [-0.2, 0) is 17.8 Å². The minimum Gasteiger partial charge on any atom is -0.487 e. The van der Waals surface area contributed by atoms with Gasteiger partial charge >= 0.3 is 5.97 Å². The minimum absolute atomic E-state index is 0.0110. The largest absolute Gasteiger partial charge is 0.487 e. The fourth-order valence-corrected chi connectivity index (χ4v) is 4.58. The van der Waals surface area contributed by atoms with Gasteiger partial charge in [0.1, 0.15) is 12.4 Å². The van der Waals surface area contributed by atoms with Crippen LogP contribution < -0.4 is 4.74 Å². The molecular formula is C31H31BrN2O5. The number of ether oxygens (including phenoxy) is 1. The van der Waals surface area contributed by atoms with Crippen molar-refractivity contribution in [1.82, 2.24) is 9.38 Å². The second-order valence-corrected chi connectivity index (χ2v) is 12.1. The Labute approximate surface area is 236 Å². The van der Waals surface area contributed by atoms with Crippen molar-refractivity contribution in [3.05, 3.63) is 99.5 Å². The number of carbonyl (C=O) groups excluding carboxylic acids is 2. The van der Waals surface area contributed by atoms with Crippen molar-refractivity contribution in [2.75, 3.05) is 0 Å². The number of carboxylic acid groups (broad SMARTS) is 1. The molecule has 39 heavy (non-hydrogen) atoms. The third-order valence-corrected chi connectivity index (χ3v) is 7.08. The molecule has 0 saturated carbocycles. The van der Waals surface area contributed by atoms with Gasteiger partial charge in [0.25, 0.3) is 0 Å². The van der Waals surface area contributed by atoms with Crippen molar-refractivity contribution in [3.63, 3.8) is 0 Å². The van der Waals surface area contributed by atoms with Gasteiger partial charge in [-0.15, -0.1) is 0 Å². The Balaban J connectivity index is 1.96. The van der Waals surface area contributed by atoms with Crippen LogP contribution in [0.5, 0.6) is 5.75 Å². The molecule has 1 N–H and O–H groups in total. The zero-order valence-corrected chi connectivity index (χ0v) is 24.2. The Kier molecular flexibility index (Phi) is 7.80.